The van der Waals surface area contributed by atoms with E-state index in [-0.39, 0.29) is 46.7 Å². The Hall–Kier alpha value is -2.82. The first-order valence-corrected chi connectivity index (χ1v) is 10.1. The monoisotopic (exact) mass is 409 g/mol. The number of nitrogens with zero attached hydrogens (tertiary/aromatic N) is 3. The van der Waals surface area contributed by atoms with E-state index in [4.69, 9.17) is 9.36 Å². The highest BCUT2D eigenvalue weighted by Gasteiger charge is 2.37. The number of sulfone groups is 1. The van der Waals surface area contributed by atoms with Gasteiger partial charge in [0.2, 0.25) is 21.7 Å². The van der Waals surface area contributed by atoms with E-state index in [1.807, 2.05) is 0 Å². The quantitative estimate of drug-likeness (QED) is 0.712. The average molecular weight is 409 g/mol. The van der Waals surface area contributed by atoms with Gasteiger partial charge in [-0.15, -0.1) is 0 Å². The third-order valence-electron chi connectivity index (χ3n) is 4.56. The molecule has 148 valence electrons. The number of benzene rings is 1. The first-order chi connectivity index (χ1) is 13.1. The molecule has 28 heavy (non-hydrogen) atoms. The maximum Gasteiger partial charge on any atom is 0.234 e. The van der Waals surface area contributed by atoms with Crippen molar-refractivity contribution in [2.45, 2.75) is 44.5 Å². The molecule has 2 aromatic rings. The van der Waals surface area contributed by atoms with E-state index in [1.165, 1.54) is 6.07 Å². The lowest BCUT2D eigenvalue weighted by atomic mass is 10.1. The molecule has 2 aliphatic heterocycles. The number of amides is 2. The normalized spacial score (nSPS) is 19.4. The third kappa shape index (κ3) is 3.05. The van der Waals surface area contributed by atoms with Gasteiger partial charge in [-0.3, -0.25) is 9.59 Å². The number of hydrogen-bond donors (Lipinski definition) is 0. The summed E-state index contributed by atoms with van der Waals surface area (Å²) in [4.78, 5) is 29.7. The standard InChI is InChI=1S/C17H16FN3O6S/c1-17(2)7-14(20-27-17)28(24,25)8-11-9-5-12(10(18)6-13(9)26-19-11)21-15(22)3-4-16(21)23/h5-6H,3-4,7-8H2,1-2H3. The summed E-state index contributed by atoms with van der Waals surface area (Å²) in [5.74, 6) is -2.41. The summed E-state index contributed by atoms with van der Waals surface area (Å²) in [5.41, 5.74) is -0.927. The molecular weight excluding hydrogens is 393 g/mol. The maximum atomic E-state index is 14.4. The van der Waals surface area contributed by atoms with Crippen molar-refractivity contribution < 1.29 is 31.8 Å². The van der Waals surface area contributed by atoms with Gasteiger partial charge in [-0.25, -0.2) is 17.7 Å². The second kappa shape index (κ2) is 6.09. The molecule has 2 amide bonds. The summed E-state index contributed by atoms with van der Waals surface area (Å²) < 4.78 is 44.8. The molecule has 1 fully saturated rings. The Morgan fingerprint density at radius 1 is 1.21 bits per heavy atom. The fraction of sp³-hybridized carbons (Fsp3) is 0.412. The molecule has 1 aromatic heterocycles. The molecule has 9 nitrogen and oxygen atoms in total. The number of halogens is 1. The van der Waals surface area contributed by atoms with Gasteiger partial charge in [0.1, 0.15) is 17.0 Å². The fourth-order valence-corrected chi connectivity index (χ4v) is 4.61. The molecule has 0 radical (unpaired) electrons. The second-order valence-electron chi connectivity index (χ2n) is 7.32. The predicted octanol–water partition coefficient (Wildman–Crippen LogP) is 2.05. The highest BCUT2D eigenvalue weighted by atomic mass is 32.2. The fourth-order valence-electron chi connectivity index (χ4n) is 3.15. The molecule has 0 N–H and O–H groups in total. The van der Waals surface area contributed by atoms with Gasteiger partial charge < -0.3 is 9.36 Å². The Bertz CT molecular complexity index is 1140. The lowest BCUT2D eigenvalue weighted by Gasteiger charge is -2.14. The van der Waals surface area contributed by atoms with Crippen LogP contribution < -0.4 is 4.90 Å². The van der Waals surface area contributed by atoms with Crippen LogP contribution in [0.3, 0.4) is 0 Å². The van der Waals surface area contributed by atoms with Crippen molar-refractivity contribution in [3.63, 3.8) is 0 Å². The number of hydrogen-bond acceptors (Lipinski definition) is 8. The van der Waals surface area contributed by atoms with Crippen LogP contribution >= 0.6 is 0 Å². The Kier molecular flexibility index (Phi) is 4.03. The SMILES string of the molecule is CC1(C)CC(S(=O)(=O)Cc2noc3cc(F)c(N4C(=O)CCC4=O)cc23)=NO1. The summed E-state index contributed by atoms with van der Waals surface area (Å²) in [6.07, 6.45) is 0.107. The lowest BCUT2D eigenvalue weighted by molar-refractivity contribution is -0.121. The van der Waals surface area contributed by atoms with Crippen LogP contribution in [0.1, 0.15) is 38.8 Å². The summed E-state index contributed by atoms with van der Waals surface area (Å²) in [6.45, 7) is 3.42. The zero-order valence-corrected chi connectivity index (χ0v) is 15.9. The maximum absolute atomic E-state index is 14.4. The van der Waals surface area contributed by atoms with Gasteiger partial charge >= 0.3 is 0 Å². The van der Waals surface area contributed by atoms with Crippen molar-refractivity contribution in [1.82, 2.24) is 5.16 Å². The number of carbonyl (C=O) groups excluding carboxylic acids is 2. The lowest BCUT2D eigenvalue weighted by Crippen LogP contribution is -2.29. The first kappa shape index (κ1) is 18.5. The molecule has 0 saturated carbocycles. The van der Waals surface area contributed by atoms with Gasteiger partial charge in [0.15, 0.2) is 16.4 Å². The van der Waals surface area contributed by atoms with Gasteiger partial charge in [-0.2, -0.15) is 0 Å². The summed E-state index contributed by atoms with van der Waals surface area (Å²) in [6, 6.07) is 2.19. The summed E-state index contributed by atoms with van der Waals surface area (Å²) >= 11 is 0. The molecule has 2 aliphatic rings. The number of oxime groups is 1. The van der Waals surface area contributed by atoms with Crippen LogP contribution in [-0.2, 0) is 30.0 Å². The Balaban J connectivity index is 1.72. The van der Waals surface area contributed by atoms with Crippen molar-refractivity contribution in [3.8, 4) is 0 Å². The third-order valence-corrected chi connectivity index (χ3v) is 6.15. The number of carbonyl (C=O) groups is 2. The van der Waals surface area contributed by atoms with Crippen molar-refractivity contribution in [3.05, 3.63) is 23.6 Å². The van der Waals surface area contributed by atoms with Crippen LogP contribution in [0.25, 0.3) is 11.0 Å². The van der Waals surface area contributed by atoms with Gasteiger partial charge in [-0.1, -0.05) is 10.3 Å². The van der Waals surface area contributed by atoms with Crippen LogP contribution in [-0.4, -0.2) is 36.0 Å². The zero-order chi connectivity index (χ0) is 20.3. The second-order valence-corrected chi connectivity index (χ2v) is 9.31. The van der Waals surface area contributed by atoms with E-state index in [2.05, 4.69) is 10.3 Å². The highest BCUT2D eigenvalue weighted by Crippen LogP contribution is 2.33. The predicted molar refractivity (Wildman–Crippen MR) is 95.5 cm³/mol. The van der Waals surface area contributed by atoms with Gasteiger partial charge in [-0.05, 0) is 19.9 Å². The molecule has 0 bridgehead atoms. The number of imide groups is 1. The Morgan fingerprint density at radius 2 is 1.89 bits per heavy atom. The van der Waals surface area contributed by atoms with E-state index in [0.29, 0.717) is 0 Å². The molecule has 1 aromatic carbocycles. The smallest absolute Gasteiger partial charge is 0.234 e. The Labute approximate surface area is 159 Å². The molecular formula is C17H16FN3O6S. The summed E-state index contributed by atoms with van der Waals surface area (Å²) in [5, 5.41) is 7.47. The minimum atomic E-state index is -3.85. The van der Waals surface area contributed by atoms with E-state index in [9.17, 15) is 22.4 Å². The van der Waals surface area contributed by atoms with E-state index >= 15 is 0 Å². The van der Waals surface area contributed by atoms with E-state index in [1.54, 1.807) is 13.8 Å². The van der Waals surface area contributed by atoms with Crippen LogP contribution in [0.2, 0.25) is 0 Å². The molecule has 4 rings (SSSR count). The Morgan fingerprint density at radius 3 is 2.50 bits per heavy atom. The minimum absolute atomic E-state index is 0.00318. The van der Waals surface area contributed by atoms with Crippen molar-refractivity contribution >= 4 is 43.4 Å². The largest absolute Gasteiger partial charge is 0.389 e. The molecule has 3 heterocycles. The summed E-state index contributed by atoms with van der Waals surface area (Å²) in [7, 11) is -3.85. The molecule has 11 heteroatoms. The van der Waals surface area contributed by atoms with Gasteiger partial charge in [0, 0.05) is 30.7 Å². The van der Waals surface area contributed by atoms with Crippen LogP contribution in [0.4, 0.5) is 10.1 Å². The number of aromatic nitrogens is 1. The number of rotatable bonds is 3. The van der Waals surface area contributed by atoms with Crippen molar-refractivity contribution in [1.29, 1.82) is 0 Å². The van der Waals surface area contributed by atoms with Crippen molar-refractivity contribution in [2.24, 2.45) is 5.16 Å². The van der Waals surface area contributed by atoms with Gasteiger partial charge in [0.05, 0.1) is 5.69 Å². The van der Waals surface area contributed by atoms with Crippen molar-refractivity contribution in [2.75, 3.05) is 4.90 Å². The minimum Gasteiger partial charge on any atom is -0.389 e. The van der Waals surface area contributed by atoms with E-state index < -0.39 is 38.8 Å². The topological polar surface area (TPSA) is 119 Å². The number of anilines is 1. The molecule has 0 unspecified atom stereocenters. The van der Waals surface area contributed by atoms with E-state index in [0.717, 1.165) is 11.0 Å². The molecule has 1 saturated heterocycles. The average Bonchev–Trinajstić information content (AvgIpc) is 3.25. The van der Waals surface area contributed by atoms with Crippen LogP contribution in [0.5, 0.6) is 0 Å². The van der Waals surface area contributed by atoms with Gasteiger partial charge in [0.25, 0.3) is 0 Å². The molecule has 0 atom stereocenters. The molecule has 0 aliphatic carbocycles. The zero-order valence-electron chi connectivity index (χ0n) is 15.1. The molecule has 0 spiro atoms. The van der Waals surface area contributed by atoms with Crippen LogP contribution in [0.15, 0.2) is 21.8 Å². The number of fused-ring (bicyclic) bond motifs is 1. The van der Waals surface area contributed by atoms with Crippen LogP contribution in [0, 0.1) is 5.82 Å². The first-order valence-electron chi connectivity index (χ1n) is 8.49. The highest BCUT2D eigenvalue weighted by molar-refractivity contribution is 8.05.